The Hall–Kier alpha value is -0.640. The van der Waals surface area contributed by atoms with Gasteiger partial charge < -0.3 is 10.5 Å². The van der Waals surface area contributed by atoms with E-state index in [1.165, 1.54) is 12.1 Å². The highest BCUT2D eigenvalue weighted by Crippen LogP contribution is 2.47. The monoisotopic (exact) mass is 313 g/mol. The summed E-state index contributed by atoms with van der Waals surface area (Å²) in [6.07, 6.45) is 3.85. The van der Waals surface area contributed by atoms with E-state index < -0.39 is 11.6 Å². The number of rotatable bonds is 4. The van der Waals surface area contributed by atoms with Crippen molar-refractivity contribution < 1.29 is 9.13 Å². The van der Waals surface area contributed by atoms with Crippen LogP contribution in [0.3, 0.4) is 0 Å². The molecule has 1 aromatic carbocycles. The lowest BCUT2D eigenvalue weighted by Gasteiger charge is -2.46. The van der Waals surface area contributed by atoms with Crippen molar-refractivity contribution >= 4 is 11.6 Å². The van der Waals surface area contributed by atoms with Gasteiger partial charge in [-0.05, 0) is 61.8 Å². The Bertz CT molecular complexity index is 494. The van der Waals surface area contributed by atoms with Gasteiger partial charge in [-0.1, -0.05) is 25.4 Å². The molecule has 1 unspecified atom stereocenters. The zero-order valence-corrected chi connectivity index (χ0v) is 13.8. The van der Waals surface area contributed by atoms with E-state index >= 15 is 0 Å². The van der Waals surface area contributed by atoms with Gasteiger partial charge in [0, 0.05) is 11.6 Å². The van der Waals surface area contributed by atoms with Crippen LogP contribution in [0.2, 0.25) is 5.02 Å². The molecule has 1 aromatic rings. The fourth-order valence-corrected chi connectivity index (χ4v) is 3.45. The van der Waals surface area contributed by atoms with Crippen LogP contribution in [0.25, 0.3) is 0 Å². The molecule has 2 rings (SSSR count). The van der Waals surface area contributed by atoms with Crippen molar-refractivity contribution in [2.24, 2.45) is 11.1 Å². The van der Waals surface area contributed by atoms with Gasteiger partial charge in [0.05, 0.1) is 11.6 Å². The summed E-state index contributed by atoms with van der Waals surface area (Å²) < 4.78 is 19.6. The highest BCUT2D eigenvalue weighted by Gasteiger charge is 2.44. The second kappa shape index (κ2) is 6.23. The largest absolute Gasteiger partial charge is 0.373 e. The van der Waals surface area contributed by atoms with Crippen molar-refractivity contribution in [2.75, 3.05) is 6.61 Å². The molecule has 0 heterocycles. The molecular weight excluding hydrogens is 289 g/mol. The average molecular weight is 314 g/mol. The zero-order valence-electron chi connectivity index (χ0n) is 13.1. The van der Waals surface area contributed by atoms with Gasteiger partial charge in [0.1, 0.15) is 5.82 Å². The minimum atomic E-state index is -0.443. The Morgan fingerprint density at radius 3 is 2.48 bits per heavy atom. The molecule has 4 heteroatoms. The molecule has 0 radical (unpaired) electrons. The van der Waals surface area contributed by atoms with Crippen molar-refractivity contribution in [1.29, 1.82) is 0 Å². The van der Waals surface area contributed by atoms with E-state index in [0.717, 1.165) is 25.7 Å². The quantitative estimate of drug-likeness (QED) is 0.862. The van der Waals surface area contributed by atoms with Gasteiger partial charge in [0.25, 0.3) is 0 Å². The molecule has 1 aliphatic rings. The topological polar surface area (TPSA) is 35.2 Å². The molecule has 2 N–H and O–H groups in total. The van der Waals surface area contributed by atoms with Gasteiger partial charge in [-0.15, -0.1) is 0 Å². The molecule has 0 saturated heterocycles. The summed E-state index contributed by atoms with van der Waals surface area (Å²) in [5.74, 6) is -0.312. The molecule has 0 aromatic heterocycles. The van der Waals surface area contributed by atoms with Gasteiger partial charge in [0.15, 0.2) is 0 Å². The highest BCUT2D eigenvalue weighted by atomic mass is 35.5. The Labute approximate surface area is 131 Å². The number of nitrogens with two attached hydrogens (primary N) is 1. The van der Waals surface area contributed by atoms with Crippen molar-refractivity contribution in [1.82, 2.24) is 0 Å². The van der Waals surface area contributed by atoms with Crippen molar-refractivity contribution in [3.63, 3.8) is 0 Å². The average Bonchev–Trinajstić information content (AvgIpc) is 2.44. The summed E-state index contributed by atoms with van der Waals surface area (Å²) >= 11 is 6.23. The van der Waals surface area contributed by atoms with E-state index in [-0.39, 0.29) is 5.82 Å². The molecule has 1 atom stereocenters. The molecular formula is C17H25ClFNO. The molecule has 21 heavy (non-hydrogen) atoms. The normalized spacial score (nSPS) is 22.0. The third-order valence-electron chi connectivity index (χ3n) is 4.74. The van der Waals surface area contributed by atoms with E-state index in [4.69, 9.17) is 22.1 Å². The second-order valence-electron chi connectivity index (χ2n) is 6.81. The highest BCUT2D eigenvalue weighted by molar-refractivity contribution is 6.31. The molecule has 0 amide bonds. The Morgan fingerprint density at radius 2 is 1.90 bits per heavy atom. The lowest BCUT2D eigenvalue weighted by atomic mass is 9.67. The molecule has 0 aliphatic heterocycles. The van der Waals surface area contributed by atoms with Crippen molar-refractivity contribution in [3.05, 3.63) is 34.6 Å². The van der Waals surface area contributed by atoms with Crippen LogP contribution in [0.15, 0.2) is 18.2 Å². The lowest BCUT2D eigenvalue weighted by molar-refractivity contribution is -0.100. The summed E-state index contributed by atoms with van der Waals surface area (Å²) in [7, 11) is 0. The molecule has 1 aliphatic carbocycles. The summed E-state index contributed by atoms with van der Waals surface area (Å²) in [5, 5.41) is 0.507. The minimum absolute atomic E-state index is 0.312. The number of benzene rings is 1. The van der Waals surface area contributed by atoms with Gasteiger partial charge in [-0.25, -0.2) is 4.39 Å². The Kier molecular flexibility index (Phi) is 4.96. The van der Waals surface area contributed by atoms with Gasteiger partial charge in [0.2, 0.25) is 0 Å². The molecule has 0 spiro atoms. The first-order valence-electron chi connectivity index (χ1n) is 7.64. The third kappa shape index (κ3) is 3.58. The summed E-state index contributed by atoms with van der Waals surface area (Å²) in [6, 6.07) is 3.96. The lowest BCUT2D eigenvalue weighted by Crippen LogP contribution is -2.48. The van der Waals surface area contributed by atoms with Crippen LogP contribution in [-0.4, -0.2) is 12.2 Å². The van der Waals surface area contributed by atoms with E-state index in [2.05, 4.69) is 13.8 Å². The second-order valence-corrected chi connectivity index (χ2v) is 7.21. The molecule has 118 valence electrons. The van der Waals surface area contributed by atoms with Crippen LogP contribution in [0, 0.1) is 11.2 Å². The van der Waals surface area contributed by atoms with Crippen LogP contribution >= 0.6 is 11.6 Å². The zero-order chi connectivity index (χ0) is 15.7. The van der Waals surface area contributed by atoms with Crippen molar-refractivity contribution in [3.8, 4) is 0 Å². The maximum Gasteiger partial charge on any atom is 0.123 e. The fourth-order valence-electron chi connectivity index (χ4n) is 3.22. The summed E-state index contributed by atoms with van der Waals surface area (Å²) in [4.78, 5) is 0. The Balaban J connectivity index is 2.31. The van der Waals surface area contributed by atoms with Crippen molar-refractivity contribution in [2.45, 2.75) is 58.1 Å². The van der Waals surface area contributed by atoms with E-state index in [0.29, 0.717) is 22.6 Å². The minimum Gasteiger partial charge on any atom is -0.373 e. The summed E-state index contributed by atoms with van der Waals surface area (Å²) in [5.41, 5.74) is 6.99. The predicted molar refractivity (Wildman–Crippen MR) is 84.9 cm³/mol. The van der Waals surface area contributed by atoms with Crippen LogP contribution in [-0.2, 0) is 4.74 Å². The predicted octanol–water partition coefficient (Wildman–Crippen LogP) is 4.85. The maximum absolute atomic E-state index is 13.6. The SMILES string of the molecule is CCOC1(C(N)c2cc(F)ccc2Cl)CCC(C)(C)CC1. The molecule has 0 bridgehead atoms. The molecule has 1 fully saturated rings. The summed E-state index contributed by atoms with van der Waals surface area (Å²) in [6.45, 7) is 7.11. The van der Waals surface area contributed by atoms with E-state index in [1.807, 2.05) is 6.92 Å². The van der Waals surface area contributed by atoms with Gasteiger partial charge in [-0.3, -0.25) is 0 Å². The molecule has 1 saturated carbocycles. The molecule has 2 nitrogen and oxygen atoms in total. The first-order chi connectivity index (χ1) is 9.80. The number of ether oxygens (including phenoxy) is 1. The number of hydrogen-bond donors (Lipinski definition) is 1. The number of hydrogen-bond acceptors (Lipinski definition) is 2. The number of halogens is 2. The van der Waals surface area contributed by atoms with E-state index in [1.54, 1.807) is 6.07 Å². The third-order valence-corrected chi connectivity index (χ3v) is 5.09. The van der Waals surface area contributed by atoms with Crippen LogP contribution in [0.1, 0.15) is 58.1 Å². The maximum atomic E-state index is 13.6. The van der Waals surface area contributed by atoms with Crippen LogP contribution in [0.4, 0.5) is 4.39 Å². The van der Waals surface area contributed by atoms with E-state index in [9.17, 15) is 4.39 Å². The first-order valence-corrected chi connectivity index (χ1v) is 8.02. The Morgan fingerprint density at radius 1 is 1.29 bits per heavy atom. The smallest absolute Gasteiger partial charge is 0.123 e. The first kappa shape index (κ1) is 16.7. The van der Waals surface area contributed by atoms with Gasteiger partial charge in [-0.2, -0.15) is 0 Å². The van der Waals surface area contributed by atoms with Gasteiger partial charge >= 0.3 is 0 Å². The fraction of sp³-hybridized carbons (Fsp3) is 0.647. The van der Waals surface area contributed by atoms with Crippen LogP contribution in [0.5, 0.6) is 0 Å². The standard InChI is InChI=1S/C17H25ClFNO/c1-4-21-17(9-7-16(2,3)8-10-17)15(20)13-11-12(19)5-6-14(13)18/h5-6,11,15H,4,7-10,20H2,1-3H3. The van der Waals surface area contributed by atoms with Crippen LogP contribution < -0.4 is 5.73 Å².